The van der Waals surface area contributed by atoms with Gasteiger partial charge in [0, 0.05) is 11.4 Å². The molecule has 90 valence electrons. The van der Waals surface area contributed by atoms with Crippen molar-refractivity contribution in [2.75, 3.05) is 7.11 Å². The van der Waals surface area contributed by atoms with Crippen LogP contribution in [0.2, 0.25) is 0 Å². The van der Waals surface area contributed by atoms with Gasteiger partial charge in [-0.1, -0.05) is 6.42 Å². The molecule has 0 unspecified atom stereocenters. The summed E-state index contributed by atoms with van der Waals surface area (Å²) in [6, 6.07) is 0.0931. The Bertz CT molecular complexity index is 479. The monoisotopic (exact) mass is 325 g/mol. The predicted octanol–water partition coefficient (Wildman–Crippen LogP) is 2.35. The minimum atomic E-state index is -3.43. The van der Waals surface area contributed by atoms with Crippen molar-refractivity contribution < 1.29 is 13.2 Å². The summed E-state index contributed by atoms with van der Waals surface area (Å²) in [4.78, 5) is 0. The van der Waals surface area contributed by atoms with Crippen LogP contribution in [0.4, 0.5) is 0 Å². The van der Waals surface area contributed by atoms with E-state index in [2.05, 4.69) is 20.7 Å². The number of hydrogen-bond acceptors (Lipinski definition) is 4. The number of hydrogen-bond donors (Lipinski definition) is 1. The minimum Gasteiger partial charge on any atom is -0.493 e. The van der Waals surface area contributed by atoms with E-state index in [1.54, 1.807) is 5.38 Å². The van der Waals surface area contributed by atoms with Crippen LogP contribution < -0.4 is 9.46 Å². The molecule has 1 aliphatic carbocycles. The van der Waals surface area contributed by atoms with Gasteiger partial charge in [0.15, 0.2) is 9.96 Å². The second-order valence-corrected chi connectivity index (χ2v) is 7.30. The fourth-order valence-corrected chi connectivity index (χ4v) is 5.01. The van der Waals surface area contributed by atoms with Crippen LogP contribution >= 0.6 is 27.3 Å². The number of halogens is 1. The highest BCUT2D eigenvalue weighted by molar-refractivity contribution is 9.10. The summed E-state index contributed by atoms with van der Waals surface area (Å²) in [7, 11) is -1.96. The van der Waals surface area contributed by atoms with Crippen LogP contribution in [-0.2, 0) is 10.0 Å². The van der Waals surface area contributed by atoms with Crippen molar-refractivity contribution in [3.8, 4) is 5.75 Å². The Morgan fingerprint density at radius 2 is 2.25 bits per heavy atom. The van der Waals surface area contributed by atoms with Gasteiger partial charge in [0.2, 0.25) is 0 Å². The summed E-state index contributed by atoms with van der Waals surface area (Å²) in [5.74, 6) is 0.386. The fourth-order valence-electron chi connectivity index (χ4n) is 1.48. The standard InChI is InChI=1S/C9H12BrNO3S2/c1-14-8-7(10)5-15-9(8)16(12,13)11-6-3-2-4-6/h5-6,11H,2-4H2,1H3. The zero-order chi connectivity index (χ0) is 11.8. The maximum atomic E-state index is 12.0. The van der Waals surface area contributed by atoms with E-state index >= 15 is 0 Å². The third kappa shape index (κ3) is 2.27. The lowest BCUT2D eigenvalue weighted by Gasteiger charge is -2.25. The Morgan fingerprint density at radius 3 is 2.75 bits per heavy atom. The molecule has 16 heavy (non-hydrogen) atoms. The molecule has 7 heteroatoms. The van der Waals surface area contributed by atoms with Gasteiger partial charge in [0.25, 0.3) is 10.0 Å². The normalized spacial score (nSPS) is 17.1. The SMILES string of the molecule is COc1c(Br)csc1S(=O)(=O)NC1CCC1. The highest BCUT2D eigenvalue weighted by Crippen LogP contribution is 2.38. The molecule has 1 saturated carbocycles. The summed E-state index contributed by atoms with van der Waals surface area (Å²) in [5.41, 5.74) is 0. The molecule has 1 N–H and O–H groups in total. The zero-order valence-electron chi connectivity index (χ0n) is 8.70. The summed E-state index contributed by atoms with van der Waals surface area (Å²) >= 11 is 4.42. The molecule has 0 saturated heterocycles. The Morgan fingerprint density at radius 1 is 1.56 bits per heavy atom. The molecule has 0 atom stereocenters. The van der Waals surface area contributed by atoms with Gasteiger partial charge in [0.05, 0.1) is 11.6 Å². The van der Waals surface area contributed by atoms with Gasteiger partial charge >= 0.3 is 0 Å². The van der Waals surface area contributed by atoms with E-state index in [0.717, 1.165) is 30.6 Å². The molecule has 0 bridgehead atoms. The van der Waals surface area contributed by atoms with E-state index in [0.29, 0.717) is 10.2 Å². The van der Waals surface area contributed by atoms with E-state index in [9.17, 15) is 8.42 Å². The molecule has 0 spiro atoms. The van der Waals surface area contributed by atoms with E-state index in [4.69, 9.17) is 4.74 Å². The van der Waals surface area contributed by atoms with Crippen LogP contribution in [0.3, 0.4) is 0 Å². The Kier molecular flexibility index (Phi) is 3.58. The summed E-state index contributed by atoms with van der Waals surface area (Å²) in [6.45, 7) is 0. The maximum absolute atomic E-state index is 12.0. The van der Waals surface area contributed by atoms with Crippen LogP contribution in [0.1, 0.15) is 19.3 Å². The first-order valence-corrected chi connectivity index (χ1v) is 8.03. The molecule has 1 heterocycles. The third-order valence-electron chi connectivity index (χ3n) is 2.55. The Labute approximate surface area is 107 Å². The van der Waals surface area contributed by atoms with Gasteiger partial charge in [0.1, 0.15) is 0 Å². The molecule has 4 nitrogen and oxygen atoms in total. The van der Waals surface area contributed by atoms with Crippen molar-refractivity contribution in [1.29, 1.82) is 0 Å². The lowest BCUT2D eigenvalue weighted by atomic mass is 9.94. The molecule has 0 amide bonds. The fraction of sp³-hybridized carbons (Fsp3) is 0.556. The minimum absolute atomic E-state index is 0.0931. The smallest absolute Gasteiger partial charge is 0.254 e. The molecule has 0 radical (unpaired) electrons. The highest BCUT2D eigenvalue weighted by atomic mass is 79.9. The van der Waals surface area contributed by atoms with Crippen molar-refractivity contribution in [1.82, 2.24) is 4.72 Å². The molecule has 1 aliphatic rings. The van der Waals surface area contributed by atoms with Crippen molar-refractivity contribution in [2.45, 2.75) is 29.5 Å². The quantitative estimate of drug-likeness (QED) is 0.924. The zero-order valence-corrected chi connectivity index (χ0v) is 11.9. The average molecular weight is 326 g/mol. The number of methoxy groups -OCH3 is 1. The Hall–Kier alpha value is -0.110. The van der Waals surface area contributed by atoms with E-state index in [1.807, 2.05) is 0 Å². The predicted molar refractivity (Wildman–Crippen MR) is 66.5 cm³/mol. The van der Waals surface area contributed by atoms with E-state index in [1.165, 1.54) is 7.11 Å². The van der Waals surface area contributed by atoms with Gasteiger partial charge < -0.3 is 4.74 Å². The van der Waals surface area contributed by atoms with Crippen molar-refractivity contribution in [2.24, 2.45) is 0 Å². The number of sulfonamides is 1. The molecule has 0 aromatic carbocycles. The van der Waals surface area contributed by atoms with Gasteiger partial charge in [-0.3, -0.25) is 0 Å². The van der Waals surface area contributed by atoms with Gasteiger partial charge in [-0.15, -0.1) is 11.3 Å². The van der Waals surface area contributed by atoms with Crippen molar-refractivity contribution in [3.63, 3.8) is 0 Å². The maximum Gasteiger partial charge on any atom is 0.254 e. The second kappa shape index (κ2) is 4.64. The van der Waals surface area contributed by atoms with E-state index < -0.39 is 10.0 Å². The van der Waals surface area contributed by atoms with Crippen LogP contribution in [0, 0.1) is 0 Å². The van der Waals surface area contributed by atoms with Crippen molar-refractivity contribution >= 4 is 37.3 Å². The first-order valence-electron chi connectivity index (χ1n) is 4.88. The number of nitrogens with one attached hydrogen (secondary N) is 1. The topological polar surface area (TPSA) is 55.4 Å². The number of thiophene rings is 1. The molecule has 1 fully saturated rings. The Balaban J connectivity index is 2.27. The summed E-state index contributed by atoms with van der Waals surface area (Å²) in [5, 5.41) is 1.72. The molecule has 2 rings (SSSR count). The first-order chi connectivity index (χ1) is 7.54. The molecule has 1 aromatic heterocycles. The lowest BCUT2D eigenvalue weighted by Crippen LogP contribution is -2.39. The van der Waals surface area contributed by atoms with Crippen molar-refractivity contribution in [3.05, 3.63) is 9.85 Å². The van der Waals surface area contributed by atoms with Crippen LogP contribution in [0.15, 0.2) is 14.1 Å². The molecular weight excluding hydrogens is 314 g/mol. The first kappa shape index (κ1) is 12.3. The highest BCUT2D eigenvalue weighted by Gasteiger charge is 2.29. The van der Waals surface area contributed by atoms with Crippen LogP contribution in [0.25, 0.3) is 0 Å². The van der Waals surface area contributed by atoms with Gasteiger partial charge in [-0.25, -0.2) is 13.1 Å². The summed E-state index contributed by atoms with van der Waals surface area (Å²) < 4.78 is 32.7. The van der Waals surface area contributed by atoms with Crippen LogP contribution in [0.5, 0.6) is 5.75 Å². The molecule has 0 aliphatic heterocycles. The molecular formula is C9H12BrNO3S2. The summed E-state index contributed by atoms with van der Waals surface area (Å²) in [6.07, 6.45) is 2.95. The number of ether oxygens (including phenoxy) is 1. The second-order valence-electron chi connectivity index (χ2n) is 3.65. The lowest BCUT2D eigenvalue weighted by molar-refractivity contribution is 0.380. The largest absolute Gasteiger partial charge is 0.493 e. The van der Waals surface area contributed by atoms with Crippen LogP contribution in [-0.4, -0.2) is 21.6 Å². The van der Waals surface area contributed by atoms with Gasteiger partial charge in [-0.05, 0) is 28.8 Å². The number of rotatable bonds is 4. The third-order valence-corrected chi connectivity index (χ3v) is 6.46. The van der Waals surface area contributed by atoms with Gasteiger partial charge in [-0.2, -0.15) is 0 Å². The molecule has 1 aromatic rings. The van der Waals surface area contributed by atoms with E-state index in [-0.39, 0.29) is 10.3 Å². The average Bonchev–Trinajstić information content (AvgIpc) is 2.54.